The summed E-state index contributed by atoms with van der Waals surface area (Å²) < 4.78 is 0. The summed E-state index contributed by atoms with van der Waals surface area (Å²) in [5.41, 5.74) is 10.2. The van der Waals surface area contributed by atoms with Crippen LogP contribution in [0.25, 0.3) is 0 Å². The van der Waals surface area contributed by atoms with Crippen molar-refractivity contribution >= 4 is 11.9 Å². The van der Waals surface area contributed by atoms with Crippen LogP contribution in [-0.4, -0.2) is 23.6 Å². The van der Waals surface area contributed by atoms with E-state index in [-0.39, 0.29) is 12.4 Å². The van der Waals surface area contributed by atoms with Crippen molar-refractivity contribution in [2.24, 2.45) is 16.5 Å². The first-order valence-electron chi connectivity index (χ1n) is 3.90. The molecule has 0 radical (unpaired) electrons. The molecule has 5 nitrogen and oxygen atoms in total. The molecule has 0 amide bonds. The molecule has 70 valence electrons. The molecule has 0 atom stereocenters. The van der Waals surface area contributed by atoms with Crippen LogP contribution in [-0.2, 0) is 4.79 Å². The van der Waals surface area contributed by atoms with E-state index in [1.165, 1.54) is 0 Å². The molecule has 0 aliphatic heterocycles. The van der Waals surface area contributed by atoms with Crippen LogP contribution < -0.4 is 11.5 Å². The first-order chi connectivity index (χ1) is 5.63. The fourth-order valence-corrected chi connectivity index (χ4v) is 0.773. The number of carboxylic acids is 1. The number of rotatable bonds is 6. The molecule has 0 saturated carbocycles. The van der Waals surface area contributed by atoms with Crippen molar-refractivity contribution in [1.82, 2.24) is 0 Å². The van der Waals surface area contributed by atoms with Gasteiger partial charge in [0.15, 0.2) is 5.96 Å². The van der Waals surface area contributed by atoms with Crippen LogP contribution in [0.4, 0.5) is 0 Å². The molecule has 0 aromatic rings. The van der Waals surface area contributed by atoms with E-state index < -0.39 is 5.97 Å². The number of nitrogens with zero attached hydrogens (tertiary/aromatic N) is 1. The second-order valence-corrected chi connectivity index (χ2v) is 2.51. The van der Waals surface area contributed by atoms with Crippen LogP contribution in [0.3, 0.4) is 0 Å². The zero-order valence-electron chi connectivity index (χ0n) is 6.99. The summed E-state index contributed by atoms with van der Waals surface area (Å²) in [5.74, 6) is -0.662. The second-order valence-electron chi connectivity index (χ2n) is 2.51. The van der Waals surface area contributed by atoms with E-state index in [1.807, 2.05) is 0 Å². The van der Waals surface area contributed by atoms with Gasteiger partial charge in [-0.15, -0.1) is 0 Å². The molecule has 0 aromatic carbocycles. The standard InChI is InChI=1S/C7H15N3O2/c8-7(9)10-5-3-1-2-4-6(11)12/h1-5H2,(H,11,12)(H4,8,9,10). The average Bonchev–Trinajstić information content (AvgIpc) is 1.95. The zero-order chi connectivity index (χ0) is 9.40. The van der Waals surface area contributed by atoms with Crippen LogP contribution in [0.2, 0.25) is 0 Å². The minimum absolute atomic E-state index is 0.0910. The third kappa shape index (κ3) is 8.74. The number of aliphatic imine (C=N–C) groups is 1. The van der Waals surface area contributed by atoms with Crippen LogP contribution in [0.5, 0.6) is 0 Å². The van der Waals surface area contributed by atoms with Gasteiger partial charge in [0.2, 0.25) is 0 Å². The highest BCUT2D eigenvalue weighted by atomic mass is 16.4. The topological polar surface area (TPSA) is 102 Å². The van der Waals surface area contributed by atoms with E-state index in [1.54, 1.807) is 0 Å². The molecule has 0 saturated heterocycles. The number of hydrogen-bond acceptors (Lipinski definition) is 2. The Morgan fingerprint density at radius 3 is 2.42 bits per heavy atom. The number of carboxylic acid groups (broad SMARTS) is 1. The Kier molecular flexibility index (Phi) is 5.77. The number of guanidine groups is 1. The van der Waals surface area contributed by atoms with Crippen molar-refractivity contribution in [2.45, 2.75) is 25.7 Å². The van der Waals surface area contributed by atoms with Crippen LogP contribution in [0.15, 0.2) is 4.99 Å². The quantitative estimate of drug-likeness (QED) is 0.296. The van der Waals surface area contributed by atoms with Crippen molar-refractivity contribution in [2.75, 3.05) is 6.54 Å². The van der Waals surface area contributed by atoms with E-state index in [0.717, 1.165) is 12.8 Å². The molecule has 0 aliphatic carbocycles. The lowest BCUT2D eigenvalue weighted by atomic mass is 10.2. The lowest BCUT2D eigenvalue weighted by molar-refractivity contribution is -0.137. The van der Waals surface area contributed by atoms with Crippen molar-refractivity contribution in [3.63, 3.8) is 0 Å². The predicted molar refractivity (Wildman–Crippen MR) is 46.8 cm³/mol. The molecule has 0 rings (SSSR count). The molecule has 0 aromatic heterocycles. The normalized spacial score (nSPS) is 9.33. The maximum atomic E-state index is 10.1. The molecule has 0 heterocycles. The van der Waals surface area contributed by atoms with Crippen molar-refractivity contribution < 1.29 is 9.90 Å². The van der Waals surface area contributed by atoms with Gasteiger partial charge in [-0.05, 0) is 12.8 Å². The Morgan fingerprint density at radius 1 is 1.25 bits per heavy atom. The molecule has 5 N–H and O–H groups in total. The Bertz CT molecular complexity index is 164. The summed E-state index contributed by atoms with van der Waals surface area (Å²) in [6, 6.07) is 0. The molecule has 0 bridgehead atoms. The van der Waals surface area contributed by atoms with Crippen LogP contribution >= 0.6 is 0 Å². The smallest absolute Gasteiger partial charge is 0.303 e. The van der Waals surface area contributed by atoms with Gasteiger partial charge in [0.1, 0.15) is 0 Å². The van der Waals surface area contributed by atoms with Gasteiger partial charge in [-0.1, -0.05) is 6.42 Å². The zero-order valence-corrected chi connectivity index (χ0v) is 6.99. The van der Waals surface area contributed by atoms with Gasteiger partial charge >= 0.3 is 5.97 Å². The SMILES string of the molecule is NC(N)=NCCCCCC(=O)O. The van der Waals surface area contributed by atoms with Gasteiger partial charge in [0, 0.05) is 13.0 Å². The average molecular weight is 173 g/mol. The number of hydrogen-bond donors (Lipinski definition) is 3. The summed E-state index contributed by atoms with van der Waals surface area (Å²) in [7, 11) is 0. The summed E-state index contributed by atoms with van der Waals surface area (Å²) >= 11 is 0. The molecule has 0 spiro atoms. The highest BCUT2D eigenvalue weighted by Gasteiger charge is 1.95. The lowest BCUT2D eigenvalue weighted by Gasteiger charge is -1.95. The van der Waals surface area contributed by atoms with E-state index in [2.05, 4.69) is 4.99 Å². The van der Waals surface area contributed by atoms with E-state index >= 15 is 0 Å². The monoisotopic (exact) mass is 173 g/mol. The fraction of sp³-hybridized carbons (Fsp3) is 0.714. The van der Waals surface area contributed by atoms with Crippen molar-refractivity contribution in [1.29, 1.82) is 0 Å². The minimum atomic E-state index is -0.753. The Hall–Kier alpha value is -1.26. The summed E-state index contributed by atoms with van der Waals surface area (Å²) in [6.45, 7) is 0.585. The van der Waals surface area contributed by atoms with Gasteiger partial charge in [-0.3, -0.25) is 9.79 Å². The van der Waals surface area contributed by atoms with Gasteiger partial charge in [-0.2, -0.15) is 0 Å². The first kappa shape index (κ1) is 10.7. The molecular weight excluding hydrogens is 158 g/mol. The lowest BCUT2D eigenvalue weighted by Crippen LogP contribution is -2.22. The van der Waals surface area contributed by atoms with E-state index in [4.69, 9.17) is 16.6 Å². The number of aliphatic carboxylic acids is 1. The van der Waals surface area contributed by atoms with Crippen molar-refractivity contribution in [3.05, 3.63) is 0 Å². The number of unbranched alkanes of at least 4 members (excludes halogenated alkanes) is 2. The molecular formula is C7H15N3O2. The van der Waals surface area contributed by atoms with E-state index in [0.29, 0.717) is 13.0 Å². The maximum absolute atomic E-state index is 10.1. The predicted octanol–water partition coefficient (Wildman–Crippen LogP) is -0.0952. The van der Waals surface area contributed by atoms with Crippen molar-refractivity contribution in [3.8, 4) is 0 Å². The Morgan fingerprint density at radius 2 is 1.92 bits per heavy atom. The first-order valence-corrected chi connectivity index (χ1v) is 3.90. The molecule has 12 heavy (non-hydrogen) atoms. The largest absolute Gasteiger partial charge is 0.481 e. The Balaban J connectivity index is 3.11. The molecule has 5 heteroatoms. The summed E-state index contributed by atoms with van der Waals surface area (Å²) in [4.78, 5) is 13.8. The van der Waals surface area contributed by atoms with Crippen LogP contribution in [0.1, 0.15) is 25.7 Å². The molecule has 0 unspecified atom stereocenters. The number of carbonyl (C=O) groups is 1. The van der Waals surface area contributed by atoms with Crippen LogP contribution in [0, 0.1) is 0 Å². The summed E-state index contributed by atoms with van der Waals surface area (Å²) in [5, 5.41) is 8.29. The third-order valence-electron chi connectivity index (χ3n) is 1.34. The highest BCUT2D eigenvalue weighted by molar-refractivity contribution is 5.75. The van der Waals surface area contributed by atoms with E-state index in [9.17, 15) is 4.79 Å². The van der Waals surface area contributed by atoms with Gasteiger partial charge in [0.25, 0.3) is 0 Å². The third-order valence-corrected chi connectivity index (χ3v) is 1.34. The molecule has 0 fully saturated rings. The summed E-state index contributed by atoms with van der Waals surface area (Å²) in [6.07, 6.45) is 2.60. The van der Waals surface area contributed by atoms with Gasteiger partial charge < -0.3 is 16.6 Å². The Labute approximate surface area is 71.5 Å². The maximum Gasteiger partial charge on any atom is 0.303 e. The molecule has 0 aliphatic rings. The van der Waals surface area contributed by atoms with Gasteiger partial charge in [0.05, 0.1) is 0 Å². The van der Waals surface area contributed by atoms with Gasteiger partial charge in [-0.25, -0.2) is 0 Å². The number of nitrogens with two attached hydrogens (primary N) is 2. The minimum Gasteiger partial charge on any atom is -0.481 e. The second kappa shape index (κ2) is 6.45. The fourth-order valence-electron chi connectivity index (χ4n) is 0.773. The highest BCUT2D eigenvalue weighted by Crippen LogP contribution is 1.99.